The number of carbonyl (C=O) groups excluding carboxylic acids is 1. The van der Waals surface area contributed by atoms with Crippen molar-refractivity contribution in [3.05, 3.63) is 63.6 Å². The summed E-state index contributed by atoms with van der Waals surface area (Å²) < 4.78 is 15.5. The average Bonchev–Trinajstić information content (AvgIpc) is 2.49. The summed E-state index contributed by atoms with van der Waals surface area (Å²) in [6.45, 7) is 0. The Labute approximate surface area is 135 Å². The molecule has 2 aromatic rings. The van der Waals surface area contributed by atoms with Crippen LogP contribution in [0.5, 0.6) is 0 Å². The average molecular weight is 366 g/mol. The van der Waals surface area contributed by atoms with E-state index in [2.05, 4.69) is 4.08 Å². The molecular weight excluding hydrogens is 357 g/mol. The molecule has 1 N–H and O–H groups in total. The Hall–Kier alpha value is -0.870. The van der Waals surface area contributed by atoms with E-state index < -0.39 is 7.60 Å². The predicted octanol–water partition coefficient (Wildman–Crippen LogP) is 4.21. The van der Waals surface area contributed by atoms with Crippen LogP contribution in [-0.4, -0.2) is 10.7 Å². The van der Waals surface area contributed by atoms with Crippen molar-refractivity contribution < 1.29 is 18.3 Å². The van der Waals surface area contributed by atoms with Gasteiger partial charge >= 0.3 is 7.60 Å². The highest BCUT2D eigenvalue weighted by atomic mass is 35.5. The Bertz CT molecular complexity index is 731. The third-order valence-electron chi connectivity index (χ3n) is 2.72. The molecule has 21 heavy (non-hydrogen) atoms. The fourth-order valence-corrected chi connectivity index (χ4v) is 2.89. The van der Waals surface area contributed by atoms with Crippen LogP contribution >= 0.6 is 42.7 Å². The molecule has 1 atom stereocenters. The van der Waals surface area contributed by atoms with Gasteiger partial charge in [0.15, 0.2) is 5.78 Å². The van der Waals surface area contributed by atoms with Gasteiger partial charge in [-0.3, -0.25) is 9.36 Å². The SMILES string of the molecule is O=C(c1ccc(P(=O)(O)OCl)cc1)c1cc(Cl)ccc1Cl. The predicted molar refractivity (Wildman–Crippen MR) is 82.7 cm³/mol. The largest absolute Gasteiger partial charge is 0.375 e. The van der Waals surface area contributed by atoms with Crippen molar-refractivity contribution in [2.24, 2.45) is 0 Å². The first-order chi connectivity index (χ1) is 9.85. The van der Waals surface area contributed by atoms with Crippen LogP contribution < -0.4 is 5.30 Å². The minimum atomic E-state index is -4.06. The molecule has 0 amide bonds. The van der Waals surface area contributed by atoms with Gasteiger partial charge in [0.2, 0.25) is 0 Å². The first-order valence-electron chi connectivity index (χ1n) is 5.58. The molecule has 0 aliphatic rings. The summed E-state index contributed by atoms with van der Waals surface area (Å²) in [6.07, 6.45) is 0. The molecule has 0 heterocycles. The molecule has 0 spiro atoms. The molecule has 2 aromatic carbocycles. The third kappa shape index (κ3) is 3.67. The molecule has 1 unspecified atom stereocenters. The van der Waals surface area contributed by atoms with Crippen molar-refractivity contribution in [1.82, 2.24) is 0 Å². The Morgan fingerprint density at radius 1 is 1.10 bits per heavy atom. The van der Waals surface area contributed by atoms with E-state index in [4.69, 9.17) is 35.1 Å². The number of hydrogen-bond donors (Lipinski definition) is 1. The standard InChI is InChI=1S/C13H8Cl3O4P/c14-9-3-6-12(15)11(7-9)13(17)8-1-4-10(5-2-8)21(18,19)20-16/h1-7H,(H,18,19). The van der Waals surface area contributed by atoms with Gasteiger partial charge in [0, 0.05) is 16.1 Å². The van der Waals surface area contributed by atoms with Crippen LogP contribution in [0.15, 0.2) is 42.5 Å². The van der Waals surface area contributed by atoms with Crippen LogP contribution in [0.2, 0.25) is 10.0 Å². The van der Waals surface area contributed by atoms with E-state index in [1.54, 1.807) is 6.07 Å². The minimum Gasteiger partial charge on any atom is -0.320 e. The van der Waals surface area contributed by atoms with E-state index in [0.717, 1.165) is 0 Å². The molecule has 2 rings (SSSR count). The monoisotopic (exact) mass is 364 g/mol. The van der Waals surface area contributed by atoms with E-state index in [-0.39, 0.29) is 27.2 Å². The zero-order chi connectivity index (χ0) is 15.6. The fourth-order valence-electron chi connectivity index (χ4n) is 1.67. The molecular formula is C13H8Cl3O4P. The second-order valence-electron chi connectivity index (χ2n) is 4.09. The number of carbonyl (C=O) groups is 1. The lowest BCUT2D eigenvalue weighted by Gasteiger charge is -2.08. The van der Waals surface area contributed by atoms with Gasteiger partial charge in [0.1, 0.15) is 0 Å². The summed E-state index contributed by atoms with van der Waals surface area (Å²) in [5, 5.41) is 0.631. The second-order valence-corrected chi connectivity index (χ2v) is 7.04. The molecule has 0 aliphatic carbocycles. The van der Waals surface area contributed by atoms with Crippen LogP contribution in [0.3, 0.4) is 0 Å². The number of ketones is 1. The Morgan fingerprint density at radius 2 is 1.71 bits per heavy atom. The van der Waals surface area contributed by atoms with Gasteiger partial charge in [-0.05, 0) is 30.3 Å². The Morgan fingerprint density at radius 3 is 2.29 bits per heavy atom. The topological polar surface area (TPSA) is 63.6 Å². The number of benzene rings is 2. The lowest BCUT2D eigenvalue weighted by atomic mass is 10.0. The molecule has 0 saturated carbocycles. The Balaban J connectivity index is 2.37. The summed E-state index contributed by atoms with van der Waals surface area (Å²) in [5.74, 6) is -0.353. The number of rotatable bonds is 4. The molecule has 0 aromatic heterocycles. The smallest absolute Gasteiger partial charge is 0.320 e. The zero-order valence-electron chi connectivity index (χ0n) is 10.3. The molecule has 110 valence electrons. The summed E-state index contributed by atoms with van der Waals surface area (Å²) >= 11 is 16.8. The van der Waals surface area contributed by atoms with Gasteiger partial charge < -0.3 is 4.89 Å². The highest BCUT2D eigenvalue weighted by molar-refractivity contribution is 7.62. The highest BCUT2D eigenvalue weighted by Gasteiger charge is 2.23. The maximum atomic E-state index is 12.3. The summed E-state index contributed by atoms with van der Waals surface area (Å²) in [5.41, 5.74) is 0.537. The summed E-state index contributed by atoms with van der Waals surface area (Å²) in [7, 11) is -4.06. The van der Waals surface area contributed by atoms with E-state index in [0.29, 0.717) is 5.02 Å². The van der Waals surface area contributed by atoms with E-state index in [1.807, 2.05) is 0 Å². The first kappa shape index (κ1) is 16.5. The van der Waals surface area contributed by atoms with Crippen molar-refractivity contribution in [2.75, 3.05) is 0 Å². The minimum absolute atomic E-state index is 0.0220. The summed E-state index contributed by atoms with van der Waals surface area (Å²) in [4.78, 5) is 21.7. The van der Waals surface area contributed by atoms with Crippen molar-refractivity contribution >= 4 is 53.8 Å². The van der Waals surface area contributed by atoms with Gasteiger partial charge in [-0.1, -0.05) is 35.3 Å². The van der Waals surface area contributed by atoms with Crippen LogP contribution in [0, 0.1) is 0 Å². The van der Waals surface area contributed by atoms with E-state index in [1.165, 1.54) is 36.4 Å². The molecule has 0 radical (unpaired) electrons. The highest BCUT2D eigenvalue weighted by Crippen LogP contribution is 2.41. The molecule has 0 bridgehead atoms. The molecule has 0 saturated heterocycles. The third-order valence-corrected chi connectivity index (χ3v) is 4.99. The van der Waals surface area contributed by atoms with Gasteiger partial charge in [-0.2, -0.15) is 4.08 Å². The first-order valence-corrected chi connectivity index (χ1v) is 8.23. The van der Waals surface area contributed by atoms with Crippen LogP contribution in [0.4, 0.5) is 0 Å². The lowest BCUT2D eigenvalue weighted by Crippen LogP contribution is -2.07. The number of hydrogen-bond acceptors (Lipinski definition) is 3. The van der Waals surface area contributed by atoms with Crippen molar-refractivity contribution in [3.8, 4) is 0 Å². The van der Waals surface area contributed by atoms with E-state index >= 15 is 0 Å². The van der Waals surface area contributed by atoms with Gasteiger partial charge in [-0.25, -0.2) is 0 Å². The zero-order valence-corrected chi connectivity index (χ0v) is 13.5. The fraction of sp³-hybridized carbons (Fsp3) is 0. The maximum absolute atomic E-state index is 12.3. The normalized spacial score (nSPS) is 13.7. The maximum Gasteiger partial charge on any atom is 0.375 e. The van der Waals surface area contributed by atoms with Gasteiger partial charge in [0.05, 0.1) is 22.2 Å². The molecule has 4 nitrogen and oxygen atoms in total. The van der Waals surface area contributed by atoms with Crippen LogP contribution in [0.25, 0.3) is 0 Å². The van der Waals surface area contributed by atoms with Crippen LogP contribution in [-0.2, 0) is 8.64 Å². The quantitative estimate of drug-likeness (QED) is 0.651. The number of halogens is 3. The van der Waals surface area contributed by atoms with Gasteiger partial charge in [0.25, 0.3) is 0 Å². The van der Waals surface area contributed by atoms with Crippen molar-refractivity contribution in [1.29, 1.82) is 0 Å². The molecule has 0 aliphatic heterocycles. The molecule has 8 heteroatoms. The lowest BCUT2D eigenvalue weighted by molar-refractivity contribution is 0.103. The Kier molecular flexibility index (Phi) is 5.10. The van der Waals surface area contributed by atoms with Gasteiger partial charge in [-0.15, -0.1) is 0 Å². The van der Waals surface area contributed by atoms with E-state index in [9.17, 15) is 14.3 Å². The summed E-state index contributed by atoms with van der Waals surface area (Å²) in [6, 6.07) is 9.89. The van der Waals surface area contributed by atoms with Crippen molar-refractivity contribution in [2.45, 2.75) is 0 Å². The molecule has 0 fully saturated rings. The van der Waals surface area contributed by atoms with Crippen molar-refractivity contribution in [3.63, 3.8) is 0 Å². The second kappa shape index (κ2) is 6.49. The van der Waals surface area contributed by atoms with Crippen LogP contribution in [0.1, 0.15) is 15.9 Å².